The molecule has 0 saturated heterocycles. The first kappa shape index (κ1) is 18.1. The van der Waals surface area contributed by atoms with Gasteiger partial charge in [0.15, 0.2) is 0 Å². The number of amides is 3. The molecule has 0 aliphatic heterocycles. The summed E-state index contributed by atoms with van der Waals surface area (Å²) in [6, 6.07) is 7.28. The molecule has 0 spiro atoms. The van der Waals surface area contributed by atoms with Crippen LogP contribution in [-0.2, 0) is 4.79 Å². The summed E-state index contributed by atoms with van der Waals surface area (Å²) in [5, 5.41) is 8.52. The van der Waals surface area contributed by atoms with E-state index in [1.807, 2.05) is 24.3 Å². The molecule has 1 aliphatic carbocycles. The van der Waals surface area contributed by atoms with Crippen molar-refractivity contribution in [3.8, 4) is 5.75 Å². The van der Waals surface area contributed by atoms with Crippen molar-refractivity contribution in [2.75, 3.05) is 19.0 Å². The van der Waals surface area contributed by atoms with Crippen molar-refractivity contribution < 1.29 is 14.3 Å². The van der Waals surface area contributed by atoms with E-state index in [4.69, 9.17) is 4.74 Å². The summed E-state index contributed by atoms with van der Waals surface area (Å²) in [4.78, 5) is 23.8. The smallest absolute Gasteiger partial charge is 0.319 e. The monoisotopic (exact) mass is 333 g/mol. The van der Waals surface area contributed by atoms with Crippen LogP contribution in [0.5, 0.6) is 5.75 Å². The molecule has 1 aromatic rings. The highest BCUT2D eigenvalue weighted by atomic mass is 16.5. The summed E-state index contributed by atoms with van der Waals surface area (Å²) in [7, 11) is 1.67. The molecular formula is C18H27N3O3. The van der Waals surface area contributed by atoms with Gasteiger partial charge >= 0.3 is 6.03 Å². The SMILES string of the molecule is CCCOc1cccc(NC(=O)NC2CCC(C(=O)NC)CC2)c1. The maximum Gasteiger partial charge on any atom is 0.319 e. The summed E-state index contributed by atoms with van der Waals surface area (Å²) >= 11 is 0. The van der Waals surface area contributed by atoms with E-state index in [1.54, 1.807) is 7.05 Å². The van der Waals surface area contributed by atoms with Crippen LogP contribution >= 0.6 is 0 Å². The van der Waals surface area contributed by atoms with Crippen molar-refractivity contribution >= 4 is 17.6 Å². The summed E-state index contributed by atoms with van der Waals surface area (Å²) < 4.78 is 5.56. The highest BCUT2D eigenvalue weighted by molar-refractivity contribution is 5.89. The van der Waals surface area contributed by atoms with Crippen molar-refractivity contribution in [1.82, 2.24) is 10.6 Å². The zero-order valence-electron chi connectivity index (χ0n) is 14.4. The quantitative estimate of drug-likeness (QED) is 0.749. The lowest BCUT2D eigenvalue weighted by Crippen LogP contribution is -2.42. The van der Waals surface area contributed by atoms with Gasteiger partial charge in [0, 0.05) is 30.8 Å². The lowest BCUT2D eigenvalue weighted by Gasteiger charge is -2.28. The second-order valence-corrected chi connectivity index (χ2v) is 6.14. The van der Waals surface area contributed by atoms with Crippen LogP contribution < -0.4 is 20.7 Å². The molecular weight excluding hydrogens is 306 g/mol. The Balaban J connectivity index is 1.78. The first-order valence-electron chi connectivity index (χ1n) is 8.64. The van der Waals surface area contributed by atoms with Gasteiger partial charge in [-0.25, -0.2) is 4.79 Å². The van der Waals surface area contributed by atoms with Gasteiger partial charge in [-0.3, -0.25) is 4.79 Å². The summed E-state index contributed by atoms with van der Waals surface area (Å²) in [6.45, 7) is 2.71. The third-order valence-corrected chi connectivity index (χ3v) is 4.24. The molecule has 2 rings (SSSR count). The van der Waals surface area contributed by atoms with Crippen LogP contribution in [0.25, 0.3) is 0 Å². The van der Waals surface area contributed by atoms with Gasteiger partial charge in [-0.2, -0.15) is 0 Å². The van der Waals surface area contributed by atoms with E-state index >= 15 is 0 Å². The number of anilines is 1. The van der Waals surface area contributed by atoms with E-state index in [2.05, 4.69) is 22.9 Å². The van der Waals surface area contributed by atoms with Crippen molar-refractivity contribution in [3.63, 3.8) is 0 Å². The lowest BCUT2D eigenvalue weighted by atomic mass is 9.85. The first-order chi connectivity index (χ1) is 11.6. The number of carbonyl (C=O) groups excluding carboxylic acids is 2. The number of benzene rings is 1. The molecule has 6 heteroatoms. The maximum absolute atomic E-state index is 12.1. The second kappa shape index (κ2) is 9.15. The van der Waals surface area contributed by atoms with E-state index in [0.29, 0.717) is 12.3 Å². The number of urea groups is 1. The Kier molecular flexibility index (Phi) is 6.90. The summed E-state index contributed by atoms with van der Waals surface area (Å²) in [5.41, 5.74) is 0.708. The normalized spacial score (nSPS) is 20.1. The third kappa shape index (κ3) is 5.44. The highest BCUT2D eigenvalue weighted by Crippen LogP contribution is 2.24. The van der Waals surface area contributed by atoms with Crippen LogP contribution in [0.4, 0.5) is 10.5 Å². The molecule has 0 atom stereocenters. The molecule has 3 N–H and O–H groups in total. The van der Waals surface area contributed by atoms with Gasteiger partial charge in [0.25, 0.3) is 0 Å². The van der Waals surface area contributed by atoms with E-state index in [-0.39, 0.29) is 23.9 Å². The van der Waals surface area contributed by atoms with Crippen molar-refractivity contribution in [1.29, 1.82) is 0 Å². The Morgan fingerprint density at radius 2 is 1.96 bits per heavy atom. The molecule has 24 heavy (non-hydrogen) atoms. The Morgan fingerprint density at radius 1 is 1.21 bits per heavy atom. The van der Waals surface area contributed by atoms with Crippen LogP contribution in [-0.4, -0.2) is 31.6 Å². The number of nitrogens with one attached hydrogen (secondary N) is 3. The van der Waals surface area contributed by atoms with Gasteiger partial charge in [0.1, 0.15) is 5.75 Å². The van der Waals surface area contributed by atoms with Crippen LogP contribution in [0, 0.1) is 5.92 Å². The largest absolute Gasteiger partial charge is 0.494 e. The fraction of sp³-hybridized carbons (Fsp3) is 0.556. The van der Waals surface area contributed by atoms with E-state index < -0.39 is 0 Å². The number of ether oxygens (including phenoxy) is 1. The van der Waals surface area contributed by atoms with Gasteiger partial charge in [-0.05, 0) is 44.2 Å². The zero-order chi connectivity index (χ0) is 17.4. The topological polar surface area (TPSA) is 79.5 Å². The van der Waals surface area contributed by atoms with Crippen LogP contribution in [0.3, 0.4) is 0 Å². The minimum absolute atomic E-state index is 0.0727. The summed E-state index contributed by atoms with van der Waals surface area (Å²) in [5.74, 6) is 0.922. The third-order valence-electron chi connectivity index (χ3n) is 4.24. The zero-order valence-corrected chi connectivity index (χ0v) is 14.4. The molecule has 3 amide bonds. The molecule has 6 nitrogen and oxygen atoms in total. The Labute approximate surface area is 143 Å². The molecule has 0 heterocycles. The Hall–Kier alpha value is -2.24. The molecule has 1 aromatic carbocycles. The number of hydrogen-bond acceptors (Lipinski definition) is 3. The molecule has 0 unspecified atom stereocenters. The first-order valence-corrected chi connectivity index (χ1v) is 8.64. The van der Waals surface area contributed by atoms with Gasteiger partial charge in [0.05, 0.1) is 6.61 Å². The number of carbonyl (C=O) groups is 2. The van der Waals surface area contributed by atoms with E-state index in [9.17, 15) is 9.59 Å². The predicted octanol–water partition coefficient (Wildman–Crippen LogP) is 2.90. The van der Waals surface area contributed by atoms with Gasteiger partial charge in [-0.1, -0.05) is 13.0 Å². The molecule has 1 aliphatic rings. The van der Waals surface area contributed by atoms with Crippen molar-refractivity contribution in [2.24, 2.45) is 5.92 Å². The lowest BCUT2D eigenvalue weighted by molar-refractivity contribution is -0.125. The molecule has 0 radical (unpaired) electrons. The minimum atomic E-state index is -0.217. The second-order valence-electron chi connectivity index (χ2n) is 6.14. The fourth-order valence-electron chi connectivity index (χ4n) is 2.94. The van der Waals surface area contributed by atoms with Crippen LogP contribution in [0.15, 0.2) is 24.3 Å². The molecule has 0 aromatic heterocycles. The minimum Gasteiger partial charge on any atom is -0.494 e. The van der Waals surface area contributed by atoms with Crippen LogP contribution in [0.2, 0.25) is 0 Å². The van der Waals surface area contributed by atoms with Crippen LogP contribution in [0.1, 0.15) is 39.0 Å². The van der Waals surface area contributed by atoms with Crippen molar-refractivity contribution in [3.05, 3.63) is 24.3 Å². The standard InChI is InChI=1S/C18H27N3O3/c1-3-11-24-16-6-4-5-15(12-16)21-18(23)20-14-9-7-13(8-10-14)17(22)19-2/h4-6,12-14H,3,7-11H2,1-2H3,(H,19,22)(H2,20,21,23). The molecule has 1 saturated carbocycles. The molecule has 0 bridgehead atoms. The highest BCUT2D eigenvalue weighted by Gasteiger charge is 2.26. The van der Waals surface area contributed by atoms with E-state index in [0.717, 1.165) is 37.9 Å². The summed E-state index contributed by atoms with van der Waals surface area (Å²) in [6.07, 6.45) is 4.21. The van der Waals surface area contributed by atoms with Gasteiger partial charge < -0.3 is 20.7 Å². The molecule has 132 valence electrons. The van der Waals surface area contributed by atoms with Gasteiger partial charge in [0.2, 0.25) is 5.91 Å². The van der Waals surface area contributed by atoms with Crippen molar-refractivity contribution in [2.45, 2.75) is 45.1 Å². The fourth-order valence-corrected chi connectivity index (χ4v) is 2.94. The Bertz CT molecular complexity index is 554. The number of hydrogen-bond donors (Lipinski definition) is 3. The molecule has 1 fully saturated rings. The number of rotatable bonds is 6. The van der Waals surface area contributed by atoms with E-state index in [1.165, 1.54) is 0 Å². The Morgan fingerprint density at radius 3 is 2.62 bits per heavy atom. The predicted molar refractivity (Wildman–Crippen MR) is 94.2 cm³/mol. The maximum atomic E-state index is 12.1. The average molecular weight is 333 g/mol. The van der Waals surface area contributed by atoms with Gasteiger partial charge in [-0.15, -0.1) is 0 Å². The average Bonchev–Trinajstić information content (AvgIpc) is 2.60.